The van der Waals surface area contributed by atoms with Crippen molar-refractivity contribution in [3.63, 3.8) is 0 Å². The topological polar surface area (TPSA) is 105 Å². The van der Waals surface area contributed by atoms with Crippen molar-refractivity contribution in [2.24, 2.45) is 11.8 Å². The van der Waals surface area contributed by atoms with Crippen LogP contribution in [0.25, 0.3) is 11.1 Å². The van der Waals surface area contributed by atoms with Crippen molar-refractivity contribution < 1.29 is 24.2 Å². The van der Waals surface area contributed by atoms with E-state index in [2.05, 4.69) is 40.8 Å². The molecule has 7 nitrogen and oxygen atoms in total. The van der Waals surface area contributed by atoms with Gasteiger partial charge in [0.15, 0.2) is 0 Å². The second kappa shape index (κ2) is 8.92. The molecular formula is C24H22N2O5. The number of carbonyl (C=O) groups excluding carboxylic acids is 2. The highest BCUT2D eigenvalue weighted by Gasteiger charge is 2.42. The second-order valence-corrected chi connectivity index (χ2v) is 7.63. The van der Waals surface area contributed by atoms with Gasteiger partial charge in [0.05, 0.1) is 6.54 Å². The summed E-state index contributed by atoms with van der Waals surface area (Å²) in [5.41, 5.74) is 4.65. The maximum atomic E-state index is 12.2. The van der Waals surface area contributed by atoms with E-state index in [0.717, 1.165) is 11.1 Å². The third-order valence-corrected chi connectivity index (χ3v) is 5.66. The van der Waals surface area contributed by atoms with Crippen LogP contribution in [0.5, 0.6) is 0 Å². The molecule has 1 fully saturated rings. The number of fused-ring (bicyclic) bond motifs is 3. The molecule has 0 radical (unpaired) electrons. The Balaban J connectivity index is 1.23. The average Bonchev–Trinajstić information content (AvgIpc) is 3.49. The summed E-state index contributed by atoms with van der Waals surface area (Å²) in [5, 5.41) is 13.8. The Morgan fingerprint density at radius 2 is 1.65 bits per heavy atom. The van der Waals surface area contributed by atoms with Crippen molar-refractivity contribution in [3.05, 3.63) is 59.7 Å². The Labute approximate surface area is 179 Å². The SMILES string of the molecule is O=C(O)C#CCNC(=O)C1CC1CNC(=O)OCC1c2ccccc2-c2ccccc21. The molecule has 0 aliphatic heterocycles. The fourth-order valence-corrected chi connectivity index (χ4v) is 4.04. The van der Waals surface area contributed by atoms with Crippen molar-refractivity contribution >= 4 is 18.0 Å². The number of carbonyl (C=O) groups is 3. The summed E-state index contributed by atoms with van der Waals surface area (Å²) >= 11 is 0. The first-order valence-corrected chi connectivity index (χ1v) is 10.1. The summed E-state index contributed by atoms with van der Waals surface area (Å²) in [4.78, 5) is 34.5. The van der Waals surface area contributed by atoms with Crippen LogP contribution in [0, 0.1) is 23.7 Å². The Morgan fingerprint density at radius 3 is 2.29 bits per heavy atom. The number of hydrogen-bond acceptors (Lipinski definition) is 4. The normalized spacial score (nSPS) is 18.1. The van der Waals surface area contributed by atoms with Crippen molar-refractivity contribution in [3.8, 4) is 23.0 Å². The number of carboxylic acids is 1. The van der Waals surface area contributed by atoms with E-state index in [1.54, 1.807) is 0 Å². The number of nitrogens with one attached hydrogen (secondary N) is 2. The lowest BCUT2D eigenvalue weighted by Crippen LogP contribution is -2.30. The predicted octanol–water partition coefficient (Wildman–Crippen LogP) is 2.37. The first-order valence-electron chi connectivity index (χ1n) is 10.1. The number of rotatable bonds is 6. The first-order chi connectivity index (χ1) is 15.0. The third-order valence-electron chi connectivity index (χ3n) is 5.66. The van der Waals surface area contributed by atoms with Gasteiger partial charge in [-0.2, -0.15) is 0 Å². The zero-order valence-electron chi connectivity index (χ0n) is 16.8. The number of carboxylic acid groups (broad SMARTS) is 1. The minimum Gasteiger partial charge on any atom is -0.472 e. The van der Waals surface area contributed by atoms with Crippen LogP contribution >= 0.6 is 0 Å². The number of alkyl carbamates (subject to hydrolysis) is 1. The van der Waals surface area contributed by atoms with E-state index in [9.17, 15) is 14.4 Å². The van der Waals surface area contributed by atoms with Gasteiger partial charge in [0.2, 0.25) is 5.91 Å². The number of amides is 2. The highest BCUT2D eigenvalue weighted by molar-refractivity contribution is 5.87. The molecule has 2 aromatic carbocycles. The van der Waals surface area contributed by atoms with Gasteiger partial charge in [-0.05, 0) is 34.6 Å². The van der Waals surface area contributed by atoms with Gasteiger partial charge >= 0.3 is 12.1 Å². The van der Waals surface area contributed by atoms with E-state index < -0.39 is 12.1 Å². The van der Waals surface area contributed by atoms with Crippen LogP contribution in [0.2, 0.25) is 0 Å². The molecule has 2 aromatic rings. The fraction of sp³-hybridized carbons (Fsp3) is 0.292. The predicted molar refractivity (Wildman–Crippen MR) is 113 cm³/mol. The lowest BCUT2D eigenvalue weighted by molar-refractivity contribution is -0.130. The van der Waals surface area contributed by atoms with E-state index in [4.69, 9.17) is 9.84 Å². The zero-order valence-corrected chi connectivity index (χ0v) is 16.8. The van der Waals surface area contributed by atoms with E-state index in [0.29, 0.717) is 13.0 Å². The maximum Gasteiger partial charge on any atom is 0.407 e. The van der Waals surface area contributed by atoms with E-state index in [-0.39, 0.29) is 36.8 Å². The monoisotopic (exact) mass is 418 g/mol. The molecule has 2 aliphatic carbocycles. The molecular weight excluding hydrogens is 396 g/mol. The van der Waals surface area contributed by atoms with Crippen LogP contribution in [0.1, 0.15) is 23.5 Å². The largest absolute Gasteiger partial charge is 0.472 e. The standard InChI is InChI=1S/C24H22N2O5/c27-22(28)10-5-11-25-23(29)20-12-15(20)13-26-24(30)31-14-21-18-8-3-1-6-16(18)17-7-2-4-9-19(17)21/h1-4,6-9,15,20-21H,11-14H2,(H,25,29)(H,26,30)(H,27,28). The number of benzene rings is 2. The van der Waals surface area contributed by atoms with Crippen LogP contribution in [-0.2, 0) is 14.3 Å². The van der Waals surface area contributed by atoms with Crippen LogP contribution in [0.15, 0.2) is 48.5 Å². The second-order valence-electron chi connectivity index (χ2n) is 7.63. The third kappa shape index (κ3) is 4.69. The summed E-state index contributed by atoms with van der Waals surface area (Å²) < 4.78 is 5.49. The molecule has 4 rings (SSSR count). The Kier molecular flexibility index (Phi) is 5.89. The number of ether oxygens (including phenoxy) is 1. The lowest BCUT2D eigenvalue weighted by atomic mass is 9.98. The Bertz CT molecular complexity index is 1040. The minimum absolute atomic E-state index is 0.00418. The van der Waals surface area contributed by atoms with Crippen molar-refractivity contribution in [2.45, 2.75) is 12.3 Å². The van der Waals surface area contributed by atoms with Crippen LogP contribution < -0.4 is 10.6 Å². The zero-order chi connectivity index (χ0) is 21.8. The van der Waals surface area contributed by atoms with Gasteiger partial charge in [0, 0.05) is 24.3 Å². The Morgan fingerprint density at radius 1 is 1.00 bits per heavy atom. The van der Waals surface area contributed by atoms with Gasteiger partial charge in [-0.15, -0.1) is 0 Å². The lowest BCUT2D eigenvalue weighted by Gasteiger charge is -2.14. The van der Waals surface area contributed by atoms with Crippen LogP contribution in [0.3, 0.4) is 0 Å². The molecule has 2 unspecified atom stereocenters. The molecule has 0 bridgehead atoms. The molecule has 7 heteroatoms. The van der Waals surface area contributed by atoms with Gasteiger partial charge in [0.1, 0.15) is 6.61 Å². The number of aliphatic carboxylic acids is 1. The smallest absolute Gasteiger partial charge is 0.407 e. The number of hydrogen-bond donors (Lipinski definition) is 3. The summed E-state index contributed by atoms with van der Waals surface area (Å²) in [7, 11) is 0. The molecule has 3 N–H and O–H groups in total. The van der Waals surface area contributed by atoms with Gasteiger partial charge < -0.3 is 20.5 Å². The molecule has 1 saturated carbocycles. The molecule has 2 atom stereocenters. The summed E-state index contributed by atoms with van der Waals surface area (Å²) in [5.74, 6) is 2.74. The van der Waals surface area contributed by atoms with E-state index in [1.807, 2.05) is 30.2 Å². The highest BCUT2D eigenvalue weighted by Crippen LogP contribution is 2.44. The summed E-state index contributed by atoms with van der Waals surface area (Å²) in [6.07, 6.45) is 0.169. The molecule has 2 amide bonds. The summed E-state index contributed by atoms with van der Waals surface area (Å²) in [6.45, 7) is 0.598. The molecule has 31 heavy (non-hydrogen) atoms. The van der Waals surface area contributed by atoms with Crippen molar-refractivity contribution in [1.82, 2.24) is 10.6 Å². The molecule has 0 spiro atoms. The molecule has 0 heterocycles. The van der Waals surface area contributed by atoms with Gasteiger partial charge in [-0.3, -0.25) is 4.79 Å². The fourth-order valence-electron chi connectivity index (χ4n) is 4.04. The molecule has 0 aromatic heterocycles. The van der Waals surface area contributed by atoms with E-state index in [1.165, 1.54) is 11.1 Å². The van der Waals surface area contributed by atoms with E-state index >= 15 is 0 Å². The molecule has 2 aliphatic rings. The maximum absolute atomic E-state index is 12.2. The quantitative estimate of drug-likeness (QED) is 0.625. The Hall–Kier alpha value is -3.79. The van der Waals surface area contributed by atoms with Gasteiger partial charge in [-0.1, -0.05) is 54.5 Å². The highest BCUT2D eigenvalue weighted by atomic mass is 16.5. The van der Waals surface area contributed by atoms with Gasteiger partial charge in [0.25, 0.3) is 0 Å². The van der Waals surface area contributed by atoms with Crippen molar-refractivity contribution in [1.29, 1.82) is 0 Å². The van der Waals surface area contributed by atoms with Crippen molar-refractivity contribution in [2.75, 3.05) is 19.7 Å². The summed E-state index contributed by atoms with van der Waals surface area (Å²) in [6, 6.07) is 16.3. The van der Waals surface area contributed by atoms with Crippen LogP contribution in [-0.4, -0.2) is 42.8 Å². The molecule has 0 saturated heterocycles. The van der Waals surface area contributed by atoms with Gasteiger partial charge in [-0.25, -0.2) is 9.59 Å². The van der Waals surface area contributed by atoms with Crippen LogP contribution in [0.4, 0.5) is 4.79 Å². The first kappa shape index (κ1) is 20.5. The minimum atomic E-state index is -1.23. The average molecular weight is 418 g/mol. The molecule has 158 valence electrons.